The summed E-state index contributed by atoms with van der Waals surface area (Å²) in [4.78, 5) is 18.7. The van der Waals surface area contributed by atoms with Crippen LogP contribution in [0.1, 0.15) is 0 Å². The number of benzene rings is 1. The molecule has 1 amide bonds. The number of anilines is 2. The second kappa shape index (κ2) is 7.30. The molecule has 1 atom stereocenters. The maximum absolute atomic E-state index is 12.8. The molecule has 0 bridgehead atoms. The van der Waals surface area contributed by atoms with E-state index in [-0.39, 0.29) is 12.5 Å². The van der Waals surface area contributed by atoms with Crippen molar-refractivity contribution in [3.63, 3.8) is 0 Å². The van der Waals surface area contributed by atoms with Crippen molar-refractivity contribution in [2.75, 3.05) is 56.7 Å². The first-order valence-corrected chi connectivity index (χ1v) is 9.05. The summed E-state index contributed by atoms with van der Waals surface area (Å²) in [6, 6.07) is 11.3. The predicted molar refractivity (Wildman–Crippen MR) is 102 cm³/mol. The Kier molecular flexibility index (Phi) is 4.70. The first-order valence-electron chi connectivity index (χ1n) is 9.05. The average molecular weight is 369 g/mol. The molecule has 0 radical (unpaired) electrons. The van der Waals surface area contributed by atoms with Gasteiger partial charge in [0.25, 0.3) is 5.91 Å². The molecule has 0 aliphatic carbocycles. The molecule has 1 saturated heterocycles. The van der Waals surface area contributed by atoms with Crippen LogP contribution in [0.3, 0.4) is 0 Å². The molecule has 8 nitrogen and oxygen atoms in total. The second-order valence-electron chi connectivity index (χ2n) is 6.82. The number of para-hydroxylation sites is 2. The van der Waals surface area contributed by atoms with E-state index in [1.54, 1.807) is 0 Å². The van der Waals surface area contributed by atoms with Crippen LogP contribution in [-0.2, 0) is 4.79 Å². The van der Waals surface area contributed by atoms with Crippen LogP contribution >= 0.6 is 0 Å². The van der Waals surface area contributed by atoms with Gasteiger partial charge in [-0.25, -0.2) is 0 Å². The quantitative estimate of drug-likeness (QED) is 0.800. The highest BCUT2D eigenvalue weighted by atomic mass is 16.6. The van der Waals surface area contributed by atoms with E-state index in [0.717, 1.165) is 11.6 Å². The molecule has 2 aliphatic heterocycles. The molecule has 8 heteroatoms. The highest BCUT2D eigenvalue weighted by molar-refractivity contribution is 5.82. The number of hydrogen-bond acceptors (Lipinski definition) is 7. The molecule has 1 unspecified atom stereocenters. The fraction of sp³-hybridized carbons (Fsp3) is 0.421. The molecule has 142 valence electrons. The number of fused-ring (bicyclic) bond motifs is 1. The Balaban J connectivity index is 1.34. The number of hydrogen-bond donors (Lipinski definition) is 0. The molecule has 1 aromatic carbocycles. The summed E-state index contributed by atoms with van der Waals surface area (Å²) in [5, 5.41) is 8.51. The van der Waals surface area contributed by atoms with Gasteiger partial charge in [0, 0.05) is 40.3 Å². The van der Waals surface area contributed by atoms with E-state index in [1.165, 1.54) is 0 Å². The Morgan fingerprint density at radius 3 is 2.44 bits per heavy atom. The van der Waals surface area contributed by atoms with Crippen molar-refractivity contribution in [1.82, 2.24) is 15.1 Å². The zero-order valence-electron chi connectivity index (χ0n) is 15.5. The fourth-order valence-corrected chi connectivity index (χ4v) is 3.23. The number of piperazine rings is 1. The molecule has 4 rings (SSSR count). The van der Waals surface area contributed by atoms with Crippen molar-refractivity contribution >= 4 is 17.5 Å². The van der Waals surface area contributed by atoms with Crippen LogP contribution < -0.4 is 19.3 Å². The van der Waals surface area contributed by atoms with Crippen LogP contribution in [-0.4, -0.2) is 74.0 Å². The fourth-order valence-electron chi connectivity index (χ4n) is 3.23. The van der Waals surface area contributed by atoms with E-state index in [0.29, 0.717) is 37.7 Å². The van der Waals surface area contributed by atoms with Crippen LogP contribution in [0.2, 0.25) is 0 Å². The van der Waals surface area contributed by atoms with Crippen molar-refractivity contribution in [1.29, 1.82) is 0 Å². The maximum atomic E-state index is 12.8. The van der Waals surface area contributed by atoms with Crippen LogP contribution in [0.25, 0.3) is 0 Å². The number of rotatable bonds is 3. The van der Waals surface area contributed by atoms with Crippen LogP contribution in [0, 0.1) is 0 Å². The third kappa shape index (κ3) is 3.60. The zero-order valence-corrected chi connectivity index (χ0v) is 15.5. The molecule has 0 spiro atoms. The predicted octanol–water partition coefficient (Wildman–Crippen LogP) is 1.03. The van der Waals surface area contributed by atoms with E-state index >= 15 is 0 Å². The summed E-state index contributed by atoms with van der Waals surface area (Å²) in [6.45, 7) is 2.92. The zero-order chi connectivity index (χ0) is 18.8. The SMILES string of the molecule is CN(C)c1ccc(N2CCN(C(=O)C3COc4ccccc4O3)CC2)nn1. The van der Waals surface area contributed by atoms with Crippen molar-refractivity contribution < 1.29 is 14.3 Å². The van der Waals surface area contributed by atoms with Gasteiger partial charge in [-0.15, -0.1) is 10.2 Å². The normalized spacial score (nSPS) is 19.0. The summed E-state index contributed by atoms with van der Waals surface area (Å²) in [5.41, 5.74) is 0. The van der Waals surface area contributed by atoms with E-state index in [1.807, 2.05) is 60.3 Å². The lowest BCUT2D eigenvalue weighted by Gasteiger charge is -2.37. The average Bonchev–Trinajstić information content (AvgIpc) is 2.73. The van der Waals surface area contributed by atoms with Crippen molar-refractivity contribution in [3.05, 3.63) is 36.4 Å². The minimum absolute atomic E-state index is 0.0295. The Morgan fingerprint density at radius 2 is 1.78 bits per heavy atom. The topological polar surface area (TPSA) is 71.0 Å². The number of carbonyl (C=O) groups excluding carboxylic acids is 1. The van der Waals surface area contributed by atoms with Gasteiger partial charge in [0.05, 0.1) is 0 Å². The molecule has 2 aliphatic rings. The molecule has 1 fully saturated rings. The van der Waals surface area contributed by atoms with Crippen molar-refractivity contribution in [2.24, 2.45) is 0 Å². The third-order valence-corrected chi connectivity index (χ3v) is 4.79. The minimum atomic E-state index is -0.592. The van der Waals surface area contributed by atoms with Gasteiger partial charge >= 0.3 is 0 Å². The smallest absolute Gasteiger partial charge is 0.267 e. The number of nitrogens with zero attached hydrogens (tertiary/aromatic N) is 5. The molecule has 1 aromatic heterocycles. The summed E-state index contributed by atoms with van der Waals surface area (Å²) < 4.78 is 11.5. The Hall–Kier alpha value is -3.03. The summed E-state index contributed by atoms with van der Waals surface area (Å²) in [5.74, 6) is 2.93. The van der Waals surface area contributed by atoms with Crippen molar-refractivity contribution in [2.45, 2.75) is 6.10 Å². The molecule has 2 aromatic rings. The maximum Gasteiger partial charge on any atom is 0.267 e. The van der Waals surface area contributed by atoms with Gasteiger partial charge in [-0.1, -0.05) is 12.1 Å². The number of amides is 1. The van der Waals surface area contributed by atoms with E-state index < -0.39 is 6.10 Å². The lowest BCUT2D eigenvalue weighted by atomic mass is 10.2. The van der Waals surface area contributed by atoms with E-state index in [4.69, 9.17) is 9.47 Å². The number of ether oxygens (including phenoxy) is 2. The van der Waals surface area contributed by atoms with Crippen molar-refractivity contribution in [3.8, 4) is 11.5 Å². The molecule has 0 saturated carbocycles. The first kappa shape index (κ1) is 17.4. The largest absolute Gasteiger partial charge is 0.485 e. The lowest BCUT2D eigenvalue weighted by Crippen LogP contribution is -2.54. The first-order chi connectivity index (χ1) is 13.1. The highest BCUT2D eigenvalue weighted by Gasteiger charge is 2.32. The van der Waals surface area contributed by atoms with Gasteiger partial charge in [-0.3, -0.25) is 4.79 Å². The minimum Gasteiger partial charge on any atom is -0.485 e. The van der Waals surface area contributed by atoms with E-state index in [9.17, 15) is 4.79 Å². The van der Waals surface area contributed by atoms with Gasteiger partial charge in [0.15, 0.2) is 23.1 Å². The van der Waals surface area contributed by atoms with Crippen LogP contribution in [0.4, 0.5) is 11.6 Å². The van der Waals surface area contributed by atoms with Gasteiger partial charge in [-0.2, -0.15) is 0 Å². The molecule has 0 N–H and O–H groups in total. The van der Waals surface area contributed by atoms with E-state index in [2.05, 4.69) is 15.1 Å². The van der Waals surface area contributed by atoms with Gasteiger partial charge < -0.3 is 24.2 Å². The van der Waals surface area contributed by atoms with Crippen LogP contribution in [0.15, 0.2) is 36.4 Å². The van der Waals surface area contributed by atoms with Crippen LogP contribution in [0.5, 0.6) is 11.5 Å². The Labute approximate surface area is 158 Å². The Morgan fingerprint density at radius 1 is 1.04 bits per heavy atom. The highest BCUT2D eigenvalue weighted by Crippen LogP contribution is 2.31. The Bertz CT molecular complexity index is 803. The third-order valence-electron chi connectivity index (χ3n) is 4.79. The standard InChI is InChI=1S/C19H23N5O3/c1-22(2)17-7-8-18(21-20-17)23-9-11-24(12-10-23)19(25)16-13-26-14-5-3-4-6-15(14)27-16/h3-8,16H,9-13H2,1-2H3. The summed E-state index contributed by atoms with van der Waals surface area (Å²) in [6.07, 6.45) is -0.592. The second-order valence-corrected chi connectivity index (χ2v) is 6.82. The van der Waals surface area contributed by atoms with Gasteiger partial charge in [-0.05, 0) is 24.3 Å². The molecule has 27 heavy (non-hydrogen) atoms. The number of carbonyl (C=O) groups is 1. The number of aromatic nitrogens is 2. The molecular weight excluding hydrogens is 346 g/mol. The summed E-state index contributed by atoms with van der Waals surface area (Å²) in [7, 11) is 3.87. The summed E-state index contributed by atoms with van der Waals surface area (Å²) >= 11 is 0. The van der Waals surface area contributed by atoms with Gasteiger partial charge in [0.2, 0.25) is 6.10 Å². The molecule has 3 heterocycles. The monoisotopic (exact) mass is 369 g/mol. The van der Waals surface area contributed by atoms with Gasteiger partial charge in [0.1, 0.15) is 6.61 Å². The lowest BCUT2D eigenvalue weighted by molar-refractivity contribution is -0.141. The molecular formula is C19H23N5O3.